The van der Waals surface area contributed by atoms with E-state index in [0.717, 1.165) is 13.0 Å². The number of pyridine rings is 1. The highest BCUT2D eigenvalue weighted by Crippen LogP contribution is 2.20. The fourth-order valence-electron chi connectivity index (χ4n) is 2.24. The summed E-state index contributed by atoms with van der Waals surface area (Å²) in [6.07, 6.45) is 4.94. The number of rotatable bonds is 5. The van der Waals surface area contributed by atoms with Crippen LogP contribution in [0.4, 0.5) is 0 Å². The van der Waals surface area contributed by atoms with Crippen molar-refractivity contribution in [3.8, 4) is 0 Å². The first-order chi connectivity index (χ1) is 8.66. The predicted molar refractivity (Wildman–Crippen MR) is 77.7 cm³/mol. The number of benzene rings is 1. The number of nitrogens with zero attached hydrogens (tertiary/aromatic N) is 1. The van der Waals surface area contributed by atoms with Gasteiger partial charge in [-0.2, -0.15) is 0 Å². The monoisotopic (exact) mass is 242 g/mol. The van der Waals surface area contributed by atoms with E-state index in [1.165, 1.54) is 16.3 Å². The van der Waals surface area contributed by atoms with Gasteiger partial charge in [0.2, 0.25) is 0 Å². The molecule has 1 unspecified atom stereocenters. The van der Waals surface area contributed by atoms with E-state index in [2.05, 4.69) is 55.3 Å². The summed E-state index contributed by atoms with van der Waals surface area (Å²) in [6, 6.07) is 9.14. The van der Waals surface area contributed by atoms with Crippen LogP contribution in [0.1, 0.15) is 26.3 Å². The molecule has 0 aliphatic carbocycles. The van der Waals surface area contributed by atoms with Gasteiger partial charge in [0.05, 0.1) is 0 Å². The maximum atomic E-state index is 4.24. The maximum Gasteiger partial charge on any atom is 0.0349 e. The molecule has 96 valence electrons. The lowest BCUT2D eigenvalue weighted by Crippen LogP contribution is -2.28. The molecule has 1 N–H and O–H groups in total. The quantitative estimate of drug-likeness (QED) is 0.869. The predicted octanol–water partition coefficient (Wildman–Crippen LogP) is 3.41. The zero-order chi connectivity index (χ0) is 13.0. The molecule has 18 heavy (non-hydrogen) atoms. The molecular formula is C16H22N2. The molecular weight excluding hydrogens is 220 g/mol. The molecule has 0 amide bonds. The van der Waals surface area contributed by atoms with E-state index in [4.69, 9.17) is 0 Å². The van der Waals surface area contributed by atoms with Gasteiger partial charge in [-0.15, -0.1) is 0 Å². The van der Waals surface area contributed by atoms with Crippen LogP contribution in [0.25, 0.3) is 10.8 Å². The summed E-state index contributed by atoms with van der Waals surface area (Å²) >= 11 is 0. The topological polar surface area (TPSA) is 24.9 Å². The molecule has 1 aromatic heterocycles. The molecule has 0 saturated carbocycles. The van der Waals surface area contributed by atoms with Crippen LogP contribution in [0.5, 0.6) is 0 Å². The first kappa shape index (κ1) is 13.0. The summed E-state index contributed by atoms with van der Waals surface area (Å²) in [5.41, 5.74) is 1.40. The lowest BCUT2D eigenvalue weighted by atomic mass is 9.97. The molecule has 1 heterocycles. The summed E-state index contributed by atoms with van der Waals surface area (Å²) in [4.78, 5) is 4.24. The van der Waals surface area contributed by atoms with Gasteiger partial charge in [-0.05, 0) is 35.9 Å². The molecule has 2 heteroatoms. The van der Waals surface area contributed by atoms with Crippen molar-refractivity contribution in [1.29, 1.82) is 0 Å². The number of fused-ring (bicyclic) bond motifs is 1. The third kappa shape index (κ3) is 3.30. The van der Waals surface area contributed by atoms with Gasteiger partial charge in [0.15, 0.2) is 0 Å². The van der Waals surface area contributed by atoms with E-state index >= 15 is 0 Å². The van der Waals surface area contributed by atoms with Crippen LogP contribution in [0.3, 0.4) is 0 Å². The molecule has 2 nitrogen and oxygen atoms in total. The SMILES string of the molecule is CC(CNC(C)C)Cc1cccc2ccncc12. The van der Waals surface area contributed by atoms with Crippen LogP contribution in [0.2, 0.25) is 0 Å². The summed E-state index contributed by atoms with van der Waals surface area (Å²) in [5.74, 6) is 0.637. The Hall–Kier alpha value is -1.41. The molecule has 0 radical (unpaired) electrons. The second-order valence-electron chi connectivity index (χ2n) is 5.39. The van der Waals surface area contributed by atoms with E-state index in [1.807, 2.05) is 12.4 Å². The Bertz CT molecular complexity index is 500. The Morgan fingerprint density at radius 3 is 2.78 bits per heavy atom. The summed E-state index contributed by atoms with van der Waals surface area (Å²) < 4.78 is 0. The van der Waals surface area contributed by atoms with Crippen LogP contribution in [0, 0.1) is 5.92 Å². The fraction of sp³-hybridized carbons (Fsp3) is 0.438. The van der Waals surface area contributed by atoms with E-state index in [9.17, 15) is 0 Å². The lowest BCUT2D eigenvalue weighted by Gasteiger charge is -2.16. The van der Waals surface area contributed by atoms with Crippen molar-refractivity contribution in [2.75, 3.05) is 6.54 Å². The van der Waals surface area contributed by atoms with E-state index in [0.29, 0.717) is 12.0 Å². The minimum absolute atomic E-state index is 0.557. The molecule has 1 aromatic carbocycles. The highest BCUT2D eigenvalue weighted by atomic mass is 14.9. The highest BCUT2D eigenvalue weighted by Gasteiger charge is 2.07. The van der Waals surface area contributed by atoms with Gasteiger partial charge < -0.3 is 5.32 Å². The van der Waals surface area contributed by atoms with Crippen LogP contribution >= 0.6 is 0 Å². The normalized spacial score (nSPS) is 13.1. The third-order valence-corrected chi connectivity index (χ3v) is 3.22. The van der Waals surface area contributed by atoms with Gasteiger partial charge in [-0.25, -0.2) is 0 Å². The van der Waals surface area contributed by atoms with Crippen molar-refractivity contribution >= 4 is 10.8 Å². The van der Waals surface area contributed by atoms with E-state index in [1.54, 1.807) is 0 Å². The van der Waals surface area contributed by atoms with Crippen LogP contribution in [-0.2, 0) is 6.42 Å². The molecule has 1 atom stereocenters. The van der Waals surface area contributed by atoms with Gasteiger partial charge in [-0.3, -0.25) is 4.98 Å². The van der Waals surface area contributed by atoms with Crippen molar-refractivity contribution in [2.45, 2.75) is 33.2 Å². The summed E-state index contributed by atoms with van der Waals surface area (Å²) in [7, 11) is 0. The second kappa shape index (κ2) is 5.96. The number of hydrogen-bond acceptors (Lipinski definition) is 2. The van der Waals surface area contributed by atoms with Crippen LogP contribution in [0.15, 0.2) is 36.7 Å². The number of nitrogens with one attached hydrogen (secondary N) is 1. The maximum absolute atomic E-state index is 4.24. The zero-order valence-corrected chi connectivity index (χ0v) is 11.5. The Kier molecular flexibility index (Phi) is 4.32. The Morgan fingerprint density at radius 1 is 1.17 bits per heavy atom. The van der Waals surface area contributed by atoms with E-state index in [-0.39, 0.29) is 0 Å². The standard InChI is InChI=1S/C16H22N2/c1-12(2)18-10-13(3)9-15-6-4-5-14-7-8-17-11-16(14)15/h4-8,11-13,18H,9-10H2,1-3H3. The third-order valence-electron chi connectivity index (χ3n) is 3.22. The molecule has 0 spiro atoms. The zero-order valence-electron chi connectivity index (χ0n) is 11.5. The fourth-order valence-corrected chi connectivity index (χ4v) is 2.24. The van der Waals surface area contributed by atoms with Crippen molar-refractivity contribution in [2.24, 2.45) is 5.92 Å². The lowest BCUT2D eigenvalue weighted by molar-refractivity contribution is 0.477. The first-order valence-electron chi connectivity index (χ1n) is 6.72. The van der Waals surface area contributed by atoms with Gasteiger partial charge in [0.25, 0.3) is 0 Å². The Morgan fingerprint density at radius 2 is 2.00 bits per heavy atom. The minimum Gasteiger partial charge on any atom is -0.314 e. The average molecular weight is 242 g/mol. The Balaban J connectivity index is 2.11. The summed E-state index contributed by atoms with van der Waals surface area (Å²) in [5, 5.41) is 6.07. The van der Waals surface area contributed by atoms with Gasteiger partial charge in [0, 0.05) is 23.8 Å². The van der Waals surface area contributed by atoms with Crippen molar-refractivity contribution in [1.82, 2.24) is 10.3 Å². The van der Waals surface area contributed by atoms with E-state index < -0.39 is 0 Å². The molecule has 0 saturated heterocycles. The largest absolute Gasteiger partial charge is 0.314 e. The molecule has 0 bridgehead atoms. The highest BCUT2D eigenvalue weighted by molar-refractivity contribution is 5.84. The average Bonchev–Trinajstić information content (AvgIpc) is 2.37. The smallest absolute Gasteiger partial charge is 0.0349 e. The van der Waals surface area contributed by atoms with Crippen molar-refractivity contribution < 1.29 is 0 Å². The minimum atomic E-state index is 0.557. The molecule has 0 aliphatic rings. The summed E-state index contributed by atoms with van der Waals surface area (Å²) in [6.45, 7) is 7.74. The van der Waals surface area contributed by atoms with Gasteiger partial charge in [-0.1, -0.05) is 39.0 Å². The van der Waals surface area contributed by atoms with Crippen LogP contribution in [-0.4, -0.2) is 17.6 Å². The number of hydrogen-bond donors (Lipinski definition) is 1. The number of aromatic nitrogens is 1. The second-order valence-corrected chi connectivity index (χ2v) is 5.39. The van der Waals surface area contributed by atoms with Crippen molar-refractivity contribution in [3.05, 3.63) is 42.2 Å². The van der Waals surface area contributed by atoms with Crippen molar-refractivity contribution in [3.63, 3.8) is 0 Å². The molecule has 0 aliphatic heterocycles. The molecule has 2 aromatic rings. The van der Waals surface area contributed by atoms with Gasteiger partial charge >= 0.3 is 0 Å². The van der Waals surface area contributed by atoms with Gasteiger partial charge in [0.1, 0.15) is 0 Å². The Labute approximate surface area is 109 Å². The molecule has 0 fully saturated rings. The molecule has 2 rings (SSSR count). The first-order valence-corrected chi connectivity index (χ1v) is 6.72. The van der Waals surface area contributed by atoms with Crippen LogP contribution < -0.4 is 5.32 Å².